The van der Waals surface area contributed by atoms with E-state index in [4.69, 9.17) is 19.9 Å². The van der Waals surface area contributed by atoms with Gasteiger partial charge in [0.1, 0.15) is 17.1 Å². The van der Waals surface area contributed by atoms with Gasteiger partial charge in [0, 0.05) is 13.0 Å². The van der Waals surface area contributed by atoms with Gasteiger partial charge >= 0.3 is 0 Å². The molecule has 6 nitrogen and oxygen atoms in total. The van der Waals surface area contributed by atoms with Gasteiger partial charge in [-0.3, -0.25) is 4.79 Å². The number of ether oxygens (including phenoxy) is 3. The molecule has 6 heteroatoms. The van der Waals surface area contributed by atoms with Crippen LogP contribution < -0.4 is 15.2 Å². The Morgan fingerprint density at radius 2 is 1.41 bits per heavy atom. The molecule has 1 saturated heterocycles. The second-order valence-electron chi connectivity index (χ2n) is 10.5. The second kappa shape index (κ2) is 13.6. The number of unbranched alkanes of at least 4 members (excludes halogenated alkanes) is 2. The summed E-state index contributed by atoms with van der Waals surface area (Å²) in [6.07, 6.45) is 4.30. The zero-order valence-corrected chi connectivity index (χ0v) is 23.5. The van der Waals surface area contributed by atoms with Crippen LogP contribution in [0.3, 0.4) is 0 Å². The first kappa shape index (κ1) is 28.7. The maximum Gasteiger partial charge on any atom is 0.222 e. The van der Waals surface area contributed by atoms with Crippen LogP contribution in [0.1, 0.15) is 55.7 Å². The average molecular weight is 531 g/mol. The molecule has 0 aliphatic carbocycles. The molecule has 4 rings (SSSR count). The fraction of sp³-hybridized carbons (Fsp3) is 0.424. The fourth-order valence-electron chi connectivity index (χ4n) is 5.65. The summed E-state index contributed by atoms with van der Waals surface area (Å²) in [5.74, 6) is 2.21. The first-order chi connectivity index (χ1) is 19.0. The van der Waals surface area contributed by atoms with Crippen LogP contribution >= 0.6 is 0 Å². The van der Waals surface area contributed by atoms with Gasteiger partial charge in [-0.05, 0) is 72.7 Å². The van der Waals surface area contributed by atoms with Crippen LogP contribution in [-0.2, 0) is 15.1 Å². The van der Waals surface area contributed by atoms with Gasteiger partial charge in [-0.1, -0.05) is 67.9 Å². The molecule has 1 aliphatic rings. The van der Waals surface area contributed by atoms with Crippen molar-refractivity contribution in [1.29, 1.82) is 0 Å². The lowest BCUT2D eigenvalue weighted by Crippen LogP contribution is -2.42. The Balaban J connectivity index is 1.71. The number of amides is 1. The van der Waals surface area contributed by atoms with Crippen molar-refractivity contribution in [1.82, 2.24) is 4.90 Å². The van der Waals surface area contributed by atoms with Crippen molar-refractivity contribution in [3.05, 3.63) is 95.6 Å². The predicted octanol–water partition coefficient (Wildman–Crippen LogP) is 5.77. The Labute approximate surface area is 233 Å². The number of methoxy groups -OCH3 is 2. The molecule has 0 unspecified atom stereocenters. The molecule has 2 N–H and O–H groups in total. The molecule has 1 amide bonds. The first-order valence-corrected chi connectivity index (χ1v) is 14.0. The van der Waals surface area contributed by atoms with Gasteiger partial charge in [-0.25, -0.2) is 0 Å². The summed E-state index contributed by atoms with van der Waals surface area (Å²) in [6, 6.07) is 26.4. The van der Waals surface area contributed by atoms with Gasteiger partial charge in [0.25, 0.3) is 0 Å². The van der Waals surface area contributed by atoms with E-state index in [9.17, 15) is 4.79 Å². The zero-order valence-electron chi connectivity index (χ0n) is 23.5. The third kappa shape index (κ3) is 6.63. The minimum atomic E-state index is -0.887. The van der Waals surface area contributed by atoms with Crippen LogP contribution in [0.15, 0.2) is 78.9 Å². The molecule has 3 aromatic rings. The summed E-state index contributed by atoms with van der Waals surface area (Å²) < 4.78 is 18.0. The smallest absolute Gasteiger partial charge is 0.222 e. The summed E-state index contributed by atoms with van der Waals surface area (Å²) >= 11 is 0. The van der Waals surface area contributed by atoms with Crippen LogP contribution in [0, 0.1) is 5.92 Å². The molecule has 1 heterocycles. The molecule has 0 radical (unpaired) electrons. The van der Waals surface area contributed by atoms with E-state index in [2.05, 4.69) is 43.3 Å². The van der Waals surface area contributed by atoms with Gasteiger partial charge in [0.15, 0.2) is 0 Å². The van der Waals surface area contributed by atoms with Crippen LogP contribution in [0.4, 0.5) is 0 Å². The predicted molar refractivity (Wildman–Crippen MR) is 155 cm³/mol. The van der Waals surface area contributed by atoms with E-state index in [-0.39, 0.29) is 11.9 Å². The molecule has 208 valence electrons. The highest BCUT2D eigenvalue weighted by molar-refractivity contribution is 5.76. The van der Waals surface area contributed by atoms with Crippen molar-refractivity contribution in [2.75, 3.05) is 33.9 Å². The number of carbonyl (C=O) groups is 1. The zero-order chi connectivity index (χ0) is 27.7. The van der Waals surface area contributed by atoms with Gasteiger partial charge in [0.2, 0.25) is 5.91 Å². The Morgan fingerprint density at radius 3 is 1.95 bits per heavy atom. The third-order valence-electron chi connectivity index (χ3n) is 7.70. The van der Waals surface area contributed by atoms with Gasteiger partial charge < -0.3 is 24.8 Å². The van der Waals surface area contributed by atoms with Gasteiger partial charge in [-0.2, -0.15) is 0 Å². The number of hydrogen-bond donors (Lipinski definition) is 1. The maximum absolute atomic E-state index is 13.3. The molecule has 0 aromatic heterocycles. The minimum absolute atomic E-state index is 0.0154. The van der Waals surface area contributed by atoms with Crippen molar-refractivity contribution < 1.29 is 19.0 Å². The van der Waals surface area contributed by atoms with Crippen molar-refractivity contribution in [3.63, 3.8) is 0 Å². The number of nitrogens with two attached hydrogens (primary N) is 1. The number of hydrogen-bond acceptors (Lipinski definition) is 5. The van der Waals surface area contributed by atoms with Crippen LogP contribution in [-0.4, -0.2) is 50.8 Å². The van der Waals surface area contributed by atoms with Crippen molar-refractivity contribution in [2.45, 2.75) is 50.7 Å². The van der Waals surface area contributed by atoms with E-state index < -0.39 is 5.60 Å². The number of nitrogens with zero attached hydrogens (tertiary/aromatic N) is 1. The van der Waals surface area contributed by atoms with E-state index in [1.807, 2.05) is 47.4 Å². The lowest BCUT2D eigenvalue weighted by atomic mass is 9.80. The number of rotatable bonds is 13. The molecule has 1 fully saturated rings. The fourth-order valence-corrected chi connectivity index (χ4v) is 5.65. The largest absolute Gasteiger partial charge is 0.497 e. The summed E-state index contributed by atoms with van der Waals surface area (Å²) in [4.78, 5) is 15.3. The first-order valence-electron chi connectivity index (χ1n) is 14.0. The summed E-state index contributed by atoms with van der Waals surface area (Å²) in [7, 11) is 3.34. The number of benzene rings is 3. The van der Waals surface area contributed by atoms with Crippen LogP contribution in [0.2, 0.25) is 0 Å². The SMILES string of the molecule is COc1ccc(C(OC[C@@H]2C[C@@H](C)CN2C(=O)CCCCCN)(c2ccccc2)c2ccc(OC)cc2)cc1. The van der Waals surface area contributed by atoms with Gasteiger partial charge in [0.05, 0.1) is 26.9 Å². The molecule has 0 spiro atoms. The molecule has 1 aliphatic heterocycles. The minimum Gasteiger partial charge on any atom is -0.497 e. The molecule has 0 saturated carbocycles. The van der Waals surface area contributed by atoms with Gasteiger partial charge in [-0.15, -0.1) is 0 Å². The molecular weight excluding hydrogens is 488 g/mol. The van der Waals surface area contributed by atoms with Crippen molar-refractivity contribution in [2.24, 2.45) is 11.7 Å². The molecule has 3 aromatic carbocycles. The Bertz CT molecular complexity index is 1120. The lowest BCUT2D eigenvalue weighted by molar-refractivity contribution is -0.134. The number of likely N-dealkylation sites (tertiary alicyclic amines) is 1. The Kier molecular flexibility index (Phi) is 10.0. The molecule has 2 atom stereocenters. The highest BCUT2D eigenvalue weighted by Crippen LogP contribution is 2.42. The second-order valence-corrected chi connectivity index (χ2v) is 10.5. The van der Waals surface area contributed by atoms with Crippen molar-refractivity contribution in [3.8, 4) is 11.5 Å². The average Bonchev–Trinajstić information content (AvgIpc) is 3.37. The number of carbonyl (C=O) groups excluding carboxylic acids is 1. The molecule has 39 heavy (non-hydrogen) atoms. The lowest BCUT2D eigenvalue weighted by Gasteiger charge is -2.38. The van der Waals surface area contributed by atoms with E-state index in [0.717, 1.165) is 60.4 Å². The summed E-state index contributed by atoms with van der Waals surface area (Å²) in [5, 5.41) is 0. The van der Waals surface area contributed by atoms with E-state index >= 15 is 0 Å². The quantitative estimate of drug-likeness (QED) is 0.224. The van der Waals surface area contributed by atoms with Crippen molar-refractivity contribution >= 4 is 5.91 Å². The Hall–Kier alpha value is -3.35. The normalized spacial score (nSPS) is 17.3. The topological polar surface area (TPSA) is 74.0 Å². The summed E-state index contributed by atoms with van der Waals surface area (Å²) in [5.41, 5.74) is 7.75. The highest BCUT2D eigenvalue weighted by atomic mass is 16.5. The van der Waals surface area contributed by atoms with E-state index in [1.165, 1.54) is 0 Å². The Morgan fingerprint density at radius 1 is 0.846 bits per heavy atom. The van der Waals surface area contributed by atoms with Crippen LogP contribution in [0.5, 0.6) is 11.5 Å². The summed E-state index contributed by atoms with van der Waals surface area (Å²) in [6.45, 7) is 4.08. The standard InChI is InChI=1S/C33H42N2O4/c1-25-22-29(35(23-25)32(36)12-8-5-9-21-34)24-39-33(26-10-6-4-7-11-26,27-13-17-30(37-2)18-14-27)28-15-19-31(38-3)20-16-28/h4,6-7,10-11,13-20,25,29H,5,8-9,12,21-24,34H2,1-3H3/t25-,29+/m1/s1. The maximum atomic E-state index is 13.3. The van der Waals surface area contributed by atoms with Crippen LogP contribution in [0.25, 0.3) is 0 Å². The highest BCUT2D eigenvalue weighted by Gasteiger charge is 2.41. The third-order valence-corrected chi connectivity index (χ3v) is 7.70. The monoisotopic (exact) mass is 530 g/mol. The van der Waals surface area contributed by atoms with E-state index in [0.29, 0.717) is 25.5 Å². The molecular formula is C33H42N2O4. The van der Waals surface area contributed by atoms with E-state index in [1.54, 1.807) is 14.2 Å². The molecule has 0 bridgehead atoms.